The van der Waals surface area contributed by atoms with E-state index in [1.165, 1.54) is 0 Å². The maximum atomic E-state index is 9.23. The van der Waals surface area contributed by atoms with Crippen molar-refractivity contribution in [2.45, 2.75) is 6.61 Å². The van der Waals surface area contributed by atoms with E-state index in [1.807, 2.05) is 79.0 Å². The second-order valence-electron chi connectivity index (χ2n) is 6.24. The minimum Gasteiger partial charge on any atom is -0.392 e. The molecule has 0 fully saturated rings. The van der Waals surface area contributed by atoms with E-state index in [-0.39, 0.29) is 6.61 Å². The standard InChI is InChI=1S/C24H16ClNO/c25-23-9-6-19(7-10-23)22-8-12-24(26-15-22)11-3-17-1-4-21-14-18(16-27)2-5-20(21)13-17/h1-2,4-10,12-15,27H,16H2. The lowest BCUT2D eigenvalue weighted by Crippen LogP contribution is -1.85. The SMILES string of the molecule is OCc1ccc2cc(C#Cc3ccc(-c4ccc(Cl)cc4)cn3)ccc2c1. The highest BCUT2D eigenvalue weighted by Gasteiger charge is 1.99. The molecule has 0 aliphatic heterocycles. The van der Waals surface area contributed by atoms with E-state index in [1.54, 1.807) is 0 Å². The van der Waals surface area contributed by atoms with E-state index in [9.17, 15) is 5.11 Å². The van der Waals surface area contributed by atoms with Crippen molar-refractivity contribution in [1.29, 1.82) is 0 Å². The zero-order valence-electron chi connectivity index (χ0n) is 14.5. The summed E-state index contributed by atoms with van der Waals surface area (Å²) in [5.41, 5.74) is 4.67. The molecule has 0 radical (unpaired) electrons. The van der Waals surface area contributed by atoms with E-state index in [0.717, 1.165) is 43.7 Å². The van der Waals surface area contributed by atoms with Crippen molar-refractivity contribution in [3.05, 3.63) is 101 Å². The van der Waals surface area contributed by atoms with Crippen molar-refractivity contribution in [2.75, 3.05) is 0 Å². The number of fused-ring (bicyclic) bond motifs is 1. The molecule has 27 heavy (non-hydrogen) atoms. The van der Waals surface area contributed by atoms with Crippen LogP contribution >= 0.6 is 11.6 Å². The highest BCUT2D eigenvalue weighted by atomic mass is 35.5. The first-order valence-corrected chi connectivity index (χ1v) is 8.97. The predicted octanol–water partition coefficient (Wildman–Crippen LogP) is 5.45. The number of aliphatic hydroxyl groups excluding tert-OH is 1. The molecule has 1 aromatic heterocycles. The number of pyridine rings is 1. The first-order valence-electron chi connectivity index (χ1n) is 8.59. The summed E-state index contributed by atoms with van der Waals surface area (Å²) in [6, 6.07) is 23.6. The second kappa shape index (κ2) is 7.63. The number of rotatable bonds is 2. The molecule has 0 spiro atoms. The van der Waals surface area contributed by atoms with Gasteiger partial charge in [-0.25, -0.2) is 4.98 Å². The molecule has 0 saturated carbocycles. The Morgan fingerprint density at radius 1 is 0.778 bits per heavy atom. The fourth-order valence-corrected chi connectivity index (χ4v) is 3.01. The summed E-state index contributed by atoms with van der Waals surface area (Å²) in [6.07, 6.45) is 1.82. The van der Waals surface area contributed by atoms with Crippen LogP contribution in [0, 0.1) is 11.8 Å². The lowest BCUT2D eigenvalue weighted by molar-refractivity contribution is 0.282. The van der Waals surface area contributed by atoms with Gasteiger partial charge in [-0.15, -0.1) is 0 Å². The minimum atomic E-state index is 0.0508. The van der Waals surface area contributed by atoms with E-state index in [4.69, 9.17) is 11.6 Å². The van der Waals surface area contributed by atoms with E-state index < -0.39 is 0 Å². The molecule has 4 rings (SSSR count). The van der Waals surface area contributed by atoms with Crippen LogP contribution in [-0.2, 0) is 6.61 Å². The van der Waals surface area contributed by atoms with Crippen LogP contribution in [0.1, 0.15) is 16.8 Å². The third-order valence-electron chi connectivity index (χ3n) is 4.36. The summed E-state index contributed by atoms with van der Waals surface area (Å²) in [6.45, 7) is 0.0508. The topological polar surface area (TPSA) is 33.1 Å². The van der Waals surface area contributed by atoms with Crippen molar-refractivity contribution in [2.24, 2.45) is 0 Å². The van der Waals surface area contributed by atoms with E-state index >= 15 is 0 Å². The van der Waals surface area contributed by atoms with Crippen LogP contribution in [0.4, 0.5) is 0 Å². The van der Waals surface area contributed by atoms with Crippen LogP contribution in [0.3, 0.4) is 0 Å². The Labute approximate surface area is 163 Å². The molecule has 0 unspecified atom stereocenters. The normalized spacial score (nSPS) is 10.4. The van der Waals surface area contributed by atoms with Crippen molar-refractivity contribution < 1.29 is 5.11 Å². The fourth-order valence-electron chi connectivity index (χ4n) is 2.89. The molecule has 0 atom stereocenters. The molecule has 0 saturated heterocycles. The van der Waals surface area contributed by atoms with Gasteiger partial charge in [-0.05, 0) is 64.2 Å². The molecule has 0 bridgehead atoms. The number of benzene rings is 3. The summed E-state index contributed by atoms with van der Waals surface area (Å²) in [5, 5.41) is 12.1. The van der Waals surface area contributed by atoms with Gasteiger partial charge in [0.05, 0.1) is 6.61 Å². The lowest BCUT2D eigenvalue weighted by atomic mass is 10.0. The van der Waals surface area contributed by atoms with Gasteiger partial charge in [-0.1, -0.05) is 53.9 Å². The molecule has 2 nitrogen and oxygen atoms in total. The highest BCUT2D eigenvalue weighted by molar-refractivity contribution is 6.30. The molecule has 0 amide bonds. The van der Waals surface area contributed by atoms with Crippen molar-refractivity contribution >= 4 is 22.4 Å². The third kappa shape index (κ3) is 4.01. The van der Waals surface area contributed by atoms with Gasteiger partial charge < -0.3 is 5.11 Å². The molecular weight excluding hydrogens is 354 g/mol. The van der Waals surface area contributed by atoms with E-state index in [0.29, 0.717) is 0 Å². The quantitative estimate of drug-likeness (QED) is 0.477. The smallest absolute Gasteiger partial charge is 0.113 e. The number of halogens is 1. The Balaban J connectivity index is 1.57. The summed E-state index contributed by atoms with van der Waals surface area (Å²) in [7, 11) is 0. The molecule has 1 N–H and O–H groups in total. The number of aliphatic hydroxyl groups is 1. The zero-order chi connectivity index (χ0) is 18.6. The predicted molar refractivity (Wildman–Crippen MR) is 111 cm³/mol. The molecule has 1 heterocycles. The van der Waals surface area contributed by atoms with E-state index in [2.05, 4.69) is 16.8 Å². The molecular formula is C24H16ClNO. The lowest BCUT2D eigenvalue weighted by Gasteiger charge is -2.02. The Hall–Kier alpha value is -3.12. The van der Waals surface area contributed by atoms with Crippen molar-refractivity contribution in [1.82, 2.24) is 4.98 Å². The van der Waals surface area contributed by atoms with Gasteiger partial charge in [0.25, 0.3) is 0 Å². The van der Waals surface area contributed by atoms with Crippen molar-refractivity contribution in [3.63, 3.8) is 0 Å². The Morgan fingerprint density at radius 3 is 2.26 bits per heavy atom. The Bertz CT molecular complexity index is 1150. The number of aromatic nitrogens is 1. The molecule has 0 aliphatic carbocycles. The number of hydrogen-bond donors (Lipinski definition) is 1. The molecule has 3 aromatic carbocycles. The highest BCUT2D eigenvalue weighted by Crippen LogP contribution is 2.21. The largest absolute Gasteiger partial charge is 0.392 e. The van der Waals surface area contributed by atoms with Gasteiger partial charge in [-0.3, -0.25) is 0 Å². The van der Waals surface area contributed by atoms with Crippen LogP contribution in [0.5, 0.6) is 0 Å². The summed E-state index contributed by atoms with van der Waals surface area (Å²) in [5.74, 6) is 6.28. The second-order valence-corrected chi connectivity index (χ2v) is 6.68. The summed E-state index contributed by atoms with van der Waals surface area (Å²) in [4.78, 5) is 4.44. The van der Waals surface area contributed by atoms with Crippen LogP contribution < -0.4 is 0 Å². The molecule has 0 aliphatic rings. The maximum Gasteiger partial charge on any atom is 0.113 e. The number of hydrogen-bond acceptors (Lipinski definition) is 2. The maximum absolute atomic E-state index is 9.23. The molecule has 4 aromatic rings. The first-order chi connectivity index (χ1) is 13.2. The first kappa shape index (κ1) is 17.3. The monoisotopic (exact) mass is 369 g/mol. The van der Waals surface area contributed by atoms with Crippen LogP contribution in [-0.4, -0.2) is 10.1 Å². The molecule has 130 valence electrons. The van der Waals surface area contributed by atoms with Gasteiger partial charge in [0.15, 0.2) is 0 Å². The zero-order valence-corrected chi connectivity index (χ0v) is 15.2. The molecule has 3 heteroatoms. The van der Waals surface area contributed by atoms with Crippen LogP contribution in [0.25, 0.3) is 21.9 Å². The van der Waals surface area contributed by atoms with Crippen LogP contribution in [0.2, 0.25) is 5.02 Å². The van der Waals surface area contributed by atoms with Gasteiger partial charge >= 0.3 is 0 Å². The fraction of sp³-hybridized carbons (Fsp3) is 0.0417. The van der Waals surface area contributed by atoms with Gasteiger partial charge in [0, 0.05) is 22.3 Å². The summed E-state index contributed by atoms with van der Waals surface area (Å²) < 4.78 is 0. The summed E-state index contributed by atoms with van der Waals surface area (Å²) >= 11 is 5.93. The van der Waals surface area contributed by atoms with Gasteiger partial charge in [-0.2, -0.15) is 0 Å². The third-order valence-corrected chi connectivity index (χ3v) is 4.62. The average molecular weight is 370 g/mol. The van der Waals surface area contributed by atoms with Crippen LogP contribution in [0.15, 0.2) is 79.0 Å². The Kier molecular flexibility index (Phi) is 4.89. The van der Waals surface area contributed by atoms with Gasteiger partial charge in [0.2, 0.25) is 0 Å². The average Bonchev–Trinajstić information content (AvgIpc) is 2.72. The Morgan fingerprint density at radius 2 is 1.52 bits per heavy atom. The van der Waals surface area contributed by atoms with Crippen molar-refractivity contribution in [3.8, 4) is 23.0 Å². The number of nitrogens with zero attached hydrogens (tertiary/aromatic N) is 1. The minimum absolute atomic E-state index is 0.0508. The van der Waals surface area contributed by atoms with Gasteiger partial charge in [0.1, 0.15) is 5.69 Å².